The van der Waals surface area contributed by atoms with Gasteiger partial charge in [-0.05, 0) is 11.8 Å². The van der Waals surface area contributed by atoms with Crippen LogP contribution in [0.3, 0.4) is 0 Å². The van der Waals surface area contributed by atoms with E-state index in [9.17, 15) is 4.79 Å². The predicted molar refractivity (Wildman–Crippen MR) is 45.6 cm³/mol. The molecule has 0 heterocycles. The summed E-state index contributed by atoms with van der Waals surface area (Å²) in [7, 11) is 0. The monoisotopic (exact) mass is 158 g/mol. The van der Waals surface area contributed by atoms with E-state index in [-0.39, 0.29) is 5.41 Å². The van der Waals surface area contributed by atoms with Gasteiger partial charge >= 0.3 is 0 Å². The van der Waals surface area contributed by atoms with Gasteiger partial charge in [0.25, 0.3) is 0 Å². The molecule has 0 aromatic carbocycles. The Morgan fingerprint density at radius 1 is 1.45 bits per heavy atom. The molecule has 0 spiro atoms. The third-order valence-corrected chi connectivity index (χ3v) is 1.83. The molecule has 0 fully saturated rings. The maximum Gasteiger partial charge on any atom is 0.122 e. The molecule has 0 amide bonds. The summed E-state index contributed by atoms with van der Waals surface area (Å²) in [6, 6.07) is 0. The minimum atomic E-state index is 0.253. The van der Waals surface area contributed by atoms with Crippen LogP contribution >= 0.6 is 0 Å². The number of carbonyl (C=O) groups is 1. The van der Waals surface area contributed by atoms with Gasteiger partial charge in [0.1, 0.15) is 6.29 Å². The average molecular weight is 158 g/mol. The molecular weight excluding hydrogens is 140 g/mol. The lowest BCUT2D eigenvalue weighted by molar-refractivity contribution is -0.109. The van der Waals surface area contributed by atoms with Crippen LogP contribution < -0.4 is 0 Å². The molecule has 0 aliphatic heterocycles. The largest absolute Gasteiger partial charge is 0.380 e. The van der Waals surface area contributed by atoms with E-state index >= 15 is 0 Å². The van der Waals surface area contributed by atoms with Crippen molar-refractivity contribution in [1.29, 1.82) is 0 Å². The fourth-order valence-corrected chi connectivity index (χ4v) is 0.582. The lowest BCUT2D eigenvalue weighted by atomic mass is 9.92. The highest BCUT2D eigenvalue weighted by atomic mass is 16.5. The van der Waals surface area contributed by atoms with Crippen molar-refractivity contribution in [3.05, 3.63) is 0 Å². The molecule has 0 atom stereocenters. The Morgan fingerprint density at radius 3 is 2.55 bits per heavy atom. The van der Waals surface area contributed by atoms with Crippen molar-refractivity contribution in [1.82, 2.24) is 0 Å². The summed E-state index contributed by atoms with van der Waals surface area (Å²) >= 11 is 0. The Bertz CT molecular complexity index is 108. The maximum absolute atomic E-state index is 9.92. The quantitative estimate of drug-likeness (QED) is 0.436. The Morgan fingerprint density at radius 2 is 2.09 bits per heavy atom. The fourth-order valence-electron chi connectivity index (χ4n) is 0.582. The van der Waals surface area contributed by atoms with Crippen LogP contribution in [0, 0.1) is 5.41 Å². The second-order valence-corrected chi connectivity index (χ2v) is 3.53. The van der Waals surface area contributed by atoms with Gasteiger partial charge in [0.15, 0.2) is 0 Å². The van der Waals surface area contributed by atoms with E-state index in [1.54, 1.807) is 0 Å². The van der Waals surface area contributed by atoms with Crippen molar-refractivity contribution >= 4 is 6.29 Å². The molecule has 2 nitrogen and oxygen atoms in total. The molecule has 0 aromatic heterocycles. The topological polar surface area (TPSA) is 26.3 Å². The molecule has 0 N–H and O–H groups in total. The highest BCUT2D eigenvalue weighted by molar-refractivity contribution is 5.49. The summed E-state index contributed by atoms with van der Waals surface area (Å²) in [5, 5.41) is 0. The summed E-state index contributed by atoms with van der Waals surface area (Å²) in [6.07, 6.45) is 2.51. The number of hydrogen-bond acceptors (Lipinski definition) is 2. The zero-order valence-electron chi connectivity index (χ0n) is 7.72. The van der Waals surface area contributed by atoms with E-state index in [0.717, 1.165) is 19.3 Å². The van der Waals surface area contributed by atoms with Crippen LogP contribution in [0.15, 0.2) is 0 Å². The van der Waals surface area contributed by atoms with Crippen molar-refractivity contribution in [2.75, 3.05) is 13.2 Å². The smallest absolute Gasteiger partial charge is 0.122 e. The molecule has 0 rings (SSSR count). The van der Waals surface area contributed by atoms with Crippen LogP contribution in [0.5, 0.6) is 0 Å². The van der Waals surface area contributed by atoms with Crippen molar-refractivity contribution in [3.8, 4) is 0 Å². The molecule has 2 heteroatoms. The SMILES string of the molecule is CCC(C)(C)COCCC=O. The van der Waals surface area contributed by atoms with Gasteiger partial charge in [-0.2, -0.15) is 0 Å². The standard InChI is InChI=1S/C9H18O2/c1-4-9(2,3)8-11-7-5-6-10/h6H,4-5,7-8H2,1-3H3. The zero-order valence-corrected chi connectivity index (χ0v) is 7.72. The van der Waals surface area contributed by atoms with E-state index in [1.807, 2.05) is 0 Å². The summed E-state index contributed by atoms with van der Waals surface area (Å²) in [6.45, 7) is 7.77. The van der Waals surface area contributed by atoms with Gasteiger partial charge in [-0.3, -0.25) is 0 Å². The lowest BCUT2D eigenvalue weighted by Gasteiger charge is -2.21. The highest BCUT2D eigenvalue weighted by Crippen LogP contribution is 2.19. The number of rotatable bonds is 6. The summed E-state index contributed by atoms with van der Waals surface area (Å²) in [5.74, 6) is 0. The molecule has 0 radical (unpaired) electrons. The number of ether oxygens (including phenoxy) is 1. The summed E-state index contributed by atoms with van der Waals surface area (Å²) in [4.78, 5) is 9.92. The molecule has 0 aliphatic rings. The van der Waals surface area contributed by atoms with Gasteiger partial charge in [-0.25, -0.2) is 0 Å². The second-order valence-electron chi connectivity index (χ2n) is 3.53. The van der Waals surface area contributed by atoms with Gasteiger partial charge in [0.2, 0.25) is 0 Å². The average Bonchev–Trinajstić information content (AvgIpc) is 1.99. The van der Waals surface area contributed by atoms with Crippen LogP contribution in [0.25, 0.3) is 0 Å². The molecular formula is C9H18O2. The molecule has 0 unspecified atom stereocenters. The molecule has 0 saturated heterocycles. The van der Waals surface area contributed by atoms with E-state index in [1.165, 1.54) is 0 Å². The normalized spacial score (nSPS) is 11.5. The maximum atomic E-state index is 9.92. The first-order valence-corrected chi connectivity index (χ1v) is 4.14. The third kappa shape index (κ3) is 6.05. The zero-order chi connectivity index (χ0) is 8.74. The van der Waals surface area contributed by atoms with Gasteiger partial charge in [-0.1, -0.05) is 20.8 Å². The Hall–Kier alpha value is -0.370. The highest BCUT2D eigenvalue weighted by Gasteiger charge is 2.14. The third-order valence-electron chi connectivity index (χ3n) is 1.83. The Labute approximate surface area is 68.9 Å². The van der Waals surface area contributed by atoms with E-state index < -0.39 is 0 Å². The Balaban J connectivity index is 3.29. The molecule has 0 bridgehead atoms. The molecule has 0 aliphatic carbocycles. The lowest BCUT2D eigenvalue weighted by Crippen LogP contribution is -2.18. The second kappa shape index (κ2) is 5.30. The van der Waals surface area contributed by atoms with Crippen LogP contribution in [-0.2, 0) is 9.53 Å². The number of hydrogen-bond donors (Lipinski definition) is 0. The van der Waals surface area contributed by atoms with Crippen molar-refractivity contribution in [2.24, 2.45) is 5.41 Å². The van der Waals surface area contributed by atoms with Gasteiger partial charge in [0.05, 0.1) is 13.2 Å². The van der Waals surface area contributed by atoms with Crippen LogP contribution in [0.2, 0.25) is 0 Å². The minimum Gasteiger partial charge on any atom is -0.380 e. The van der Waals surface area contributed by atoms with E-state index in [2.05, 4.69) is 20.8 Å². The van der Waals surface area contributed by atoms with Gasteiger partial charge < -0.3 is 9.53 Å². The fraction of sp³-hybridized carbons (Fsp3) is 0.889. The van der Waals surface area contributed by atoms with Crippen LogP contribution in [0.1, 0.15) is 33.6 Å². The summed E-state index contributed by atoms with van der Waals surface area (Å²) in [5.41, 5.74) is 0.253. The van der Waals surface area contributed by atoms with Crippen LogP contribution in [-0.4, -0.2) is 19.5 Å². The first-order valence-electron chi connectivity index (χ1n) is 4.14. The first kappa shape index (κ1) is 10.6. The van der Waals surface area contributed by atoms with Gasteiger partial charge in [-0.15, -0.1) is 0 Å². The van der Waals surface area contributed by atoms with Crippen molar-refractivity contribution in [2.45, 2.75) is 33.6 Å². The minimum absolute atomic E-state index is 0.253. The van der Waals surface area contributed by atoms with Gasteiger partial charge in [0, 0.05) is 6.42 Å². The van der Waals surface area contributed by atoms with Crippen molar-refractivity contribution in [3.63, 3.8) is 0 Å². The van der Waals surface area contributed by atoms with E-state index in [4.69, 9.17) is 4.74 Å². The predicted octanol–water partition coefficient (Wildman–Crippen LogP) is 2.03. The number of aldehydes is 1. The first-order chi connectivity index (χ1) is 5.12. The Kier molecular flexibility index (Phi) is 5.12. The van der Waals surface area contributed by atoms with Crippen LogP contribution in [0.4, 0.5) is 0 Å². The van der Waals surface area contributed by atoms with E-state index in [0.29, 0.717) is 13.0 Å². The molecule has 0 aromatic rings. The number of carbonyl (C=O) groups excluding carboxylic acids is 1. The van der Waals surface area contributed by atoms with Crippen molar-refractivity contribution < 1.29 is 9.53 Å². The summed E-state index contributed by atoms with van der Waals surface area (Å²) < 4.78 is 5.30. The molecule has 0 saturated carbocycles. The molecule has 11 heavy (non-hydrogen) atoms. The molecule has 66 valence electrons.